The lowest BCUT2D eigenvalue weighted by atomic mass is 9.89. The molecule has 0 saturated carbocycles. The molecule has 0 unspecified atom stereocenters. The van der Waals surface area contributed by atoms with Crippen LogP contribution in [0.5, 0.6) is 0 Å². The highest BCUT2D eigenvalue weighted by Gasteiger charge is 2.18. The molecule has 0 amide bonds. The van der Waals surface area contributed by atoms with Crippen molar-refractivity contribution in [3.63, 3.8) is 0 Å². The quantitative estimate of drug-likeness (QED) is 0.677. The van der Waals surface area contributed by atoms with Gasteiger partial charge >= 0.3 is 0 Å². The van der Waals surface area contributed by atoms with E-state index in [2.05, 4.69) is 43.3 Å². The summed E-state index contributed by atoms with van der Waals surface area (Å²) in [6, 6.07) is 2.25. The van der Waals surface area contributed by atoms with Gasteiger partial charge in [-0.25, -0.2) is 0 Å². The van der Waals surface area contributed by atoms with Gasteiger partial charge in [-0.2, -0.15) is 0 Å². The Morgan fingerprint density at radius 2 is 2.07 bits per heavy atom. The molecule has 14 heavy (non-hydrogen) atoms. The highest BCUT2D eigenvalue weighted by Crippen LogP contribution is 2.23. The van der Waals surface area contributed by atoms with Gasteiger partial charge in [-0.15, -0.1) is 0 Å². The Hall–Kier alpha value is -0.890. The van der Waals surface area contributed by atoms with Gasteiger partial charge in [0, 0.05) is 23.9 Å². The van der Waals surface area contributed by atoms with Crippen molar-refractivity contribution >= 4 is 0 Å². The zero-order valence-corrected chi connectivity index (χ0v) is 9.22. The Bertz CT molecular complexity index is 337. The van der Waals surface area contributed by atoms with Gasteiger partial charge in [0.1, 0.15) is 0 Å². The van der Waals surface area contributed by atoms with Crippen LogP contribution in [0.4, 0.5) is 0 Å². The number of hydrogen-bond acceptors (Lipinski definition) is 2. The largest absolute Gasteiger partial charge is 0.312 e. The van der Waals surface area contributed by atoms with Crippen molar-refractivity contribution in [2.45, 2.75) is 39.2 Å². The van der Waals surface area contributed by atoms with Crippen LogP contribution in [0.2, 0.25) is 0 Å². The van der Waals surface area contributed by atoms with E-state index in [1.54, 1.807) is 0 Å². The third-order valence-electron chi connectivity index (χ3n) is 2.74. The van der Waals surface area contributed by atoms with E-state index in [0.717, 1.165) is 19.5 Å². The molecule has 76 valence electrons. The maximum Gasteiger partial charge on any atom is 0.0460 e. The van der Waals surface area contributed by atoms with Crippen molar-refractivity contribution in [2.24, 2.45) is 0 Å². The fourth-order valence-corrected chi connectivity index (χ4v) is 1.77. The number of pyridine rings is 1. The molecule has 0 fully saturated rings. The van der Waals surface area contributed by atoms with Crippen LogP contribution in [0.3, 0.4) is 0 Å². The van der Waals surface area contributed by atoms with Gasteiger partial charge in [-0.1, -0.05) is 20.8 Å². The SMILES string of the molecule is CC(C)(C)c1cc2c(cn1)CCNC2. The molecule has 1 aliphatic rings. The molecule has 0 bridgehead atoms. The van der Waals surface area contributed by atoms with Crippen LogP contribution in [0, 0.1) is 0 Å². The fraction of sp³-hybridized carbons (Fsp3) is 0.583. The predicted octanol–water partition coefficient (Wildman–Crippen LogP) is 2.02. The molecule has 1 aromatic heterocycles. The van der Waals surface area contributed by atoms with Crippen molar-refractivity contribution in [3.8, 4) is 0 Å². The van der Waals surface area contributed by atoms with Gasteiger partial charge in [0.15, 0.2) is 0 Å². The van der Waals surface area contributed by atoms with Crippen LogP contribution < -0.4 is 5.32 Å². The smallest absolute Gasteiger partial charge is 0.0460 e. The van der Waals surface area contributed by atoms with Crippen LogP contribution in [0.1, 0.15) is 37.6 Å². The van der Waals surface area contributed by atoms with Gasteiger partial charge in [0.25, 0.3) is 0 Å². The Morgan fingerprint density at radius 3 is 2.79 bits per heavy atom. The second kappa shape index (κ2) is 3.35. The van der Waals surface area contributed by atoms with E-state index in [0.29, 0.717) is 0 Å². The predicted molar refractivity (Wildman–Crippen MR) is 58.3 cm³/mol. The molecule has 0 aromatic carbocycles. The van der Waals surface area contributed by atoms with Crippen LogP contribution in [-0.4, -0.2) is 11.5 Å². The lowest BCUT2D eigenvalue weighted by molar-refractivity contribution is 0.560. The van der Waals surface area contributed by atoms with Gasteiger partial charge < -0.3 is 5.32 Å². The molecule has 0 aliphatic carbocycles. The maximum absolute atomic E-state index is 4.54. The molecule has 2 nitrogen and oxygen atoms in total. The lowest BCUT2D eigenvalue weighted by Crippen LogP contribution is -2.25. The van der Waals surface area contributed by atoms with Crippen molar-refractivity contribution in [1.82, 2.24) is 10.3 Å². The fourth-order valence-electron chi connectivity index (χ4n) is 1.77. The summed E-state index contributed by atoms with van der Waals surface area (Å²) in [5.74, 6) is 0. The zero-order valence-electron chi connectivity index (χ0n) is 9.22. The van der Waals surface area contributed by atoms with Gasteiger partial charge in [-0.05, 0) is 30.2 Å². The van der Waals surface area contributed by atoms with E-state index in [4.69, 9.17) is 0 Å². The van der Waals surface area contributed by atoms with E-state index < -0.39 is 0 Å². The summed E-state index contributed by atoms with van der Waals surface area (Å²) in [5.41, 5.74) is 4.19. The van der Waals surface area contributed by atoms with E-state index >= 15 is 0 Å². The average molecular weight is 190 g/mol. The van der Waals surface area contributed by atoms with Gasteiger partial charge in [-0.3, -0.25) is 4.98 Å². The highest BCUT2D eigenvalue weighted by atomic mass is 14.9. The zero-order chi connectivity index (χ0) is 10.2. The summed E-state index contributed by atoms with van der Waals surface area (Å²) >= 11 is 0. The number of nitrogens with one attached hydrogen (secondary N) is 1. The summed E-state index contributed by atoms with van der Waals surface area (Å²) in [4.78, 5) is 4.54. The topological polar surface area (TPSA) is 24.9 Å². The summed E-state index contributed by atoms with van der Waals surface area (Å²) in [7, 11) is 0. The summed E-state index contributed by atoms with van der Waals surface area (Å²) in [6.07, 6.45) is 3.17. The first-order chi connectivity index (χ1) is 6.57. The normalized spacial score (nSPS) is 16.5. The molecule has 2 rings (SSSR count). The van der Waals surface area contributed by atoms with E-state index in [1.807, 2.05) is 0 Å². The van der Waals surface area contributed by atoms with Crippen molar-refractivity contribution in [1.29, 1.82) is 0 Å². The maximum atomic E-state index is 4.54. The molecule has 0 saturated heterocycles. The van der Waals surface area contributed by atoms with Crippen LogP contribution in [-0.2, 0) is 18.4 Å². The van der Waals surface area contributed by atoms with Crippen molar-refractivity contribution in [2.75, 3.05) is 6.54 Å². The first kappa shape index (κ1) is 9.66. The summed E-state index contributed by atoms with van der Waals surface area (Å²) in [6.45, 7) is 8.71. The van der Waals surface area contributed by atoms with Gasteiger partial charge in [0.05, 0.1) is 0 Å². The van der Waals surface area contributed by atoms with E-state index in [9.17, 15) is 0 Å². The monoisotopic (exact) mass is 190 g/mol. The summed E-state index contributed by atoms with van der Waals surface area (Å²) < 4.78 is 0. The number of nitrogens with zero attached hydrogens (tertiary/aromatic N) is 1. The third kappa shape index (κ3) is 1.80. The van der Waals surface area contributed by atoms with Crippen LogP contribution in [0.25, 0.3) is 0 Å². The average Bonchev–Trinajstić information content (AvgIpc) is 2.16. The number of fused-ring (bicyclic) bond motifs is 1. The Labute approximate surface area is 85.7 Å². The van der Waals surface area contributed by atoms with Gasteiger partial charge in [0.2, 0.25) is 0 Å². The minimum Gasteiger partial charge on any atom is -0.312 e. The Morgan fingerprint density at radius 1 is 1.29 bits per heavy atom. The number of aromatic nitrogens is 1. The Kier molecular flexibility index (Phi) is 2.31. The lowest BCUT2D eigenvalue weighted by Gasteiger charge is -2.22. The third-order valence-corrected chi connectivity index (χ3v) is 2.74. The Balaban J connectivity index is 2.39. The molecule has 1 aliphatic heterocycles. The molecule has 0 radical (unpaired) electrons. The minimum atomic E-state index is 0.159. The van der Waals surface area contributed by atoms with E-state index in [1.165, 1.54) is 16.8 Å². The molecule has 0 atom stereocenters. The van der Waals surface area contributed by atoms with Crippen molar-refractivity contribution in [3.05, 3.63) is 29.1 Å². The summed E-state index contributed by atoms with van der Waals surface area (Å²) in [5, 5.41) is 3.39. The first-order valence-electron chi connectivity index (χ1n) is 5.26. The van der Waals surface area contributed by atoms with Crippen LogP contribution >= 0.6 is 0 Å². The first-order valence-corrected chi connectivity index (χ1v) is 5.26. The molecular weight excluding hydrogens is 172 g/mol. The minimum absolute atomic E-state index is 0.159. The van der Waals surface area contributed by atoms with Crippen LogP contribution in [0.15, 0.2) is 12.3 Å². The molecular formula is C12H18N2. The molecule has 1 aromatic rings. The van der Waals surface area contributed by atoms with E-state index in [-0.39, 0.29) is 5.41 Å². The van der Waals surface area contributed by atoms with Crippen molar-refractivity contribution < 1.29 is 0 Å². The molecule has 1 N–H and O–H groups in total. The number of rotatable bonds is 0. The molecule has 0 spiro atoms. The molecule has 2 heteroatoms. The second-order valence-corrected chi connectivity index (χ2v) is 5.02. The number of hydrogen-bond donors (Lipinski definition) is 1. The highest BCUT2D eigenvalue weighted by molar-refractivity contribution is 5.31. The standard InChI is InChI=1S/C12H18N2/c1-12(2,3)11-6-10-7-13-5-4-9(10)8-14-11/h6,8,13H,4-5,7H2,1-3H3. The molecule has 2 heterocycles. The second-order valence-electron chi connectivity index (χ2n) is 5.02.